The van der Waals surface area contributed by atoms with E-state index in [0.717, 1.165) is 22.1 Å². The quantitative estimate of drug-likeness (QED) is 0.207. The SMILES string of the molecule is CC(=O)OC(C)n1cc(-c2ccnc(F)c2)c2cc(-c3cccc(NC(=O)C=CCN(C)C)c3)cnc21. The van der Waals surface area contributed by atoms with Crippen LogP contribution in [0.5, 0.6) is 0 Å². The zero-order valence-corrected chi connectivity index (χ0v) is 21.1. The third-order valence-corrected chi connectivity index (χ3v) is 5.64. The van der Waals surface area contributed by atoms with E-state index in [4.69, 9.17) is 4.74 Å². The van der Waals surface area contributed by atoms with Crippen LogP contribution in [0.2, 0.25) is 0 Å². The largest absolute Gasteiger partial charge is 0.442 e. The number of likely N-dealkylation sites (N-methyl/N-ethyl adjacent to an activating group) is 1. The first kappa shape index (κ1) is 25.7. The van der Waals surface area contributed by atoms with Gasteiger partial charge in [0.2, 0.25) is 11.9 Å². The molecular formula is C28H28FN5O3. The lowest BCUT2D eigenvalue weighted by atomic mass is 10.0. The maximum Gasteiger partial charge on any atom is 0.304 e. The van der Waals surface area contributed by atoms with E-state index in [2.05, 4.69) is 15.3 Å². The fraction of sp³-hybridized carbons (Fsp3) is 0.214. The van der Waals surface area contributed by atoms with Gasteiger partial charge in [-0.3, -0.25) is 14.2 Å². The number of halogens is 1. The number of pyridine rings is 2. The van der Waals surface area contributed by atoms with E-state index < -0.39 is 18.1 Å². The summed E-state index contributed by atoms with van der Waals surface area (Å²) < 4.78 is 21.1. The van der Waals surface area contributed by atoms with Crippen molar-refractivity contribution in [3.63, 3.8) is 0 Å². The Hall–Kier alpha value is -4.37. The van der Waals surface area contributed by atoms with Crippen molar-refractivity contribution in [1.29, 1.82) is 0 Å². The molecule has 0 aliphatic heterocycles. The van der Waals surface area contributed by atoms with Crippen molar-refractivity contribution in [1.82, 2.24) is 19.4 Å². The molecular weight excluding hydrogens is 473 g/mol. The number of aromatic nitrogens is 3. The molecule has 8 nitrogen and oxygen atoms in total. The van der Waals surface area contributed by atoms with Gasteiger partial charge in [-0.25, -0.2) is 9.97 Å². The molecule has 0 saturated carbocycles. The third kappa shape index (κ3) is 6.25. The molecule has 0 saturated heterocycles. The average molecular weight is 502 g/mol. The summed E-state index contributed by atoms with van der Waals surface area (Å²) in [6.07, 6.45) is 7.60. The molecule has 9 heteroatoms. The molecule has 0 fully saturated rings. The summed E-state index contributed by atoms with van der Waals surface area (Å²) in [6.45, 7) is 3.75. The van der Waals surface area contributed by atoms with Gasteiger partial charge in [-0.15, -0.1) is 0 Å². The standard InChI is InChI=1S/C28H28FN5O3/c1-18(37-19(2)35)34-17-25(21-10-11-30-26(29)15-21)24-14-22(16-31-28(24)34)20-7-5-8-23(13-20)32-27(36)9-6-12-33(3)4/h5-11,13-18H,12H2,1-4H3,(H,32,36). The van der Waals surface area contributed by atoms with Crippen LogP contribution in [0.15, 0.2) is 73.2 Å². The fourth-order valence-corrected chi connectivity index (χ4v) is 3.99. The summed E-state index contributed by atoms with van der Waals surface area (Å²) >= 11 is 0. The van der Waals surface area contributed by atoms with Gasteiger partial charge in [0.1, 0.15) is 5.65 Å². The van der Waals surface area contributed by atoms with Gasteiger partial charge in [-0.1, -0.05) is 18.2 Å². The normalized spacial score (nSPS) is 12.3. The van der Waals surface area contributed by atoms with Crippen LogP contribution in [0.4, 0.5) is 10.1 Å². The van der Waals surface area contributed by atoms with Crippen LogP contribution >= 0.6 is 0 Å². The number of carbonyl (C=O) groups is 2. The Labute approximate surface area is 214 Å². The van der Waals surface area contributed by atoms with E-state index in [9.17, 15) is 14.0 Å². The lowest BCUT2D eigenvalue weighted by Gasteiger charge is -2.14. The van der Waals surface area contributed by atoms with E-state index >= 15 is 0 Å². The number of benzene rings is 1. The highest BCUT2D eigenvalue weighted by molar-refractivity contribution is 6.00. The van der Waals surface area contributed by atoms with E-state index in [1.54, 1.807) is 36.0 Å². The van der Waals surface area contributed by atoms with Crippen molar-refractivity contribution < 1.29 is 18.7 Å². The van der Waals surface area contributed by atoms with Gasteiger partial charge < -0.3 is 15.0 Å². The maximum atomic E-state index is 14.0. The zero-order chi connectivity index (χ0) is 26.5. The average Bonchev–Trinajstić information content (AvgIpc) is 3.23. The second-order valence-electron chi connectivity index (χ2n) is 8.86. The summed E-state index contributed by atoms with van der Waals surface area (Å²) in [5, 5.41) is 3.63. The molecule has 0 bridgehead atoms. The monoisotopic (exact) mass is 501 g/mol. The van der Waals surface area contributed by atoms with E-state index in [1.165, 1.54) is 25.3 Å². The summed E-state index contributed by atoms with van der Waals surface area (Å²) in [6, 6.07) is 12.5. The highest BCUT2D eigenvalue weighted by Gasteiger charge is 2.18. The van der Waals surface area contributed by atoms with Crippen LogP contribution in [-0.2, 0) is 14.3 Å². The third-order valence-electron chi connectivity index (χ3n) is 5.64. The van der Waals surface area contributed by atoms with Crippen LogP contribution in [0.1, 0.15) is 20.1 Å². The minimum atomic E-state index is -0.613. The second kappa shape index (κ2) is 11.1. The highest BCUT2D eigenvalue weighted by Crippen LogP contribution is 2.35. The van der Waals surface area contributed by atoms with Crippen LogP contribution in [0.3, 0.4) is 0 Å². The topological polar surface area (TPSA) is 89.3 Å². The molecule has 0 spiro atoms. The number of esters is 1. The molecule has 190 valence electrons. The molecule has 1 N–H and O–H groups in total. The van der Waals surface area contributed by atoms with E-state index in [-0.39, 0.29) is 5.91 Å². The summed E-state index contributed by atoms with van der Waals surface area (Å²) in [7, 11) is 3.86. The molecule has 37 heavy (non-hydrogen) atoms. The molecule has 4 rings (SSSR count). The number of ether oxygens (including phenoxy) is 1. The predicted octanol–water partition coefficient (Wildman–Crippen LogP) is 5.04. The number of hydrogen-bond donors (Lipinski definition) is 1. The van der Waals surface area contributed by atoms with Gasteiger partial charge in [0.15, 0.2) is 6.23 Å². The summed E-state index contributed by atoms with van der Waals surface area (Å²) in [5.41, 5.74) is 4.23. The lowest BCUT2D eigenvalue weighted by Crippen LogP contribution is -2.12. The Morgan fingerprint density at radius 2 is 1.95 bits per heavy atom. The summed E-state index contributed by atoms with van der Waals surface area (Å²) in [5.74, 6) is -1.23. The summed E-state index contributed by atoms with van der Waals surface area (Å²) in [4.78, 5) is 34.1. The van der Waals surface area contributed by atoms with Crippen LogP contribution in [-0.4, -0.2) is 52.0 Å². The first-order chi connectivity index (χ1) is 17.7. The van der Waals surface area contributed by atoms with Crippen molar-refractivity contribution >= 4 is 28.6 Å². The van der Waals surface area contributed by atoms with Gasteiger partial charge in [0.05, 0.1) is 0 Å². The maximum absolute atomic E-state index is 14.0. The molecule has 0 aliphatic rings. The number of carbonyl (C=O) groups excluding carboxylic acids is 2. The molecule has 0 radical (unpaired) electrons. The number of hydrogen-bond acceptors (Lipinski definition) is 6. The van der Waals surface area contributed by atoms with Crippen molar-refractivity contribution in [3.8, 4) is 22.3 Å². The first-order valence-electron chi connectivity index (χ1n) is 11.7. The minimum Gasteiger partial charge on any atom is -0.442 e. The number of nitrogens with one attached hydrogen (secondary N) is 1. The van der Waals surface area contributed by atoms with Crippen molar-refractivity contribution in [2.45, 2.75) is 20.1 Å². The molecule has 4 aromatic rings. The Balaban J connectivity index is 1.73. The lowest BCUT2D eigenvalue weighted by molar-refractivity contribution is -0.149. The van der Waals surface area contributed by atoms with Gasteiger partial charge in [-0.05, 0) is 56.4 Å². The molecule has 1 unspecified atom stereocenters. The van der Waals surface area contributed by atoms with Gasteiger partial charge in [-0.2, -0.15) is 4.39 Å². The van der Waals surface area contributed by atoms with Gasteiger partial charge >= 0.3 is 5.97 Å². The Morgan fingerprint density at radius 3 is 2.68 bits per heavy atom. The molecule has 3 heterocycles. The second-order valence-corrected chi connectivity index (χ2v) is 8.86. The smallest absolute Gasteiger partial charge is 0.304 e. The van der Waals surface area contributed by atoms with Crippen LogP contribution in [0, 0.1) is 5.95 Å². The molecule has 0 aliphatic carbocycles. The van der Waals surface area contributed by atoms with Crippen molar-refractivity contribution in [3.05, 3.63) is 79.2 Å². The van der Waals surface area contributed by atoms with Crippen LogP contribution in [0.25, 0.3) is 33.3 Å². The van der Waals surface area contributed by atoms with Gasteiger partial charge in [0.25, 0.3) is 0 Å². The first-order valence-corrected chi connectivity index (χ1v) is 11.7. The van der Waals surface area contributed by atoms with Crippen molar-refractivity contribution in [2.75, 3.05) is 26.0 Å². The molecule has 1 aromatic carbocycles. The van der Waals surface area contributed by atoms with Gasteiger partial charge in [0, 0.05) is 66.4 Å². The Bertz CT molecular complexity index is 1480. The highest BCUT2D eigenvalue weighted by atomic mass is 19.1. The number of amides is 1. The Kier molecular flexibility index (Phi) is 7.74. The van der Waals surface area contributed by atoms with Crippen LogP contribution < -0.4 is 5.32 Å². The number of anilines is 1. The van der Waals surface area contributed by atoms with E-state index in [0.29, 0.717) is 23.4 Å². The molecule has 1 amide bonds. The predicted molar refractivity (Wildman–Crippen MR) is 141 cm³/mol. The fourth-order valence-electron chi connectivity index (χ4n) is 3.99. The van der Waals surface area contributed by atoms with Crippen molar-refractivity contribution in [2.24, 2.45) is 0 Å². The zero-order valence-electron chi connectivity index (χ0n) is 21.1. The number of nitrogens with zero attached hydrogens (tertiary/aromatic N) is 4. The molecule has 1 atom stereocenters. The van der Waals surface area contributed by atoms with E-state index in [1.807, 2.05) is 49.3 Å². The Morgan fingerprint density at radius 1 is 1.14 bits per heavy atom. The minimum absolute atomic E-state index is 0.217. The molecule has 3 aromatic heterocycles. The number of fused-ring (bicyclic) bond motifs is 1. The number of rotatable bonds is 8.